The molecule has 0 saturated carbocycles. The Kier molecular flexibility index (Phi) is 6.31. The van der Waals surface area contributed by atoms with Gasteiger partial charge in [-0.2, -0.15) is 13.2 Å². The zero-order chi connectivity index (χ0) is 21.2. The molecular formula is C21H20BrF3N2O2. The van der Waals surface area contributed by atoms with Crippen molar-refractivity contribution in [2.75, 3.05) is 13.6 Å². The molecule has 1 saturated heterocycles. The number of alkyl halides is 3. The summed E-state index contributed by atoms with van der Waals surface area (Å²) in [5, 5.41) is 0. The minimum atomic E-state index is -4.49. The lowest BCUT2D eigenvalue weighted by atomic mass is 10.1. The van der Waals surface area contributed by atoms with Crippen LogP contribution in [0.15, 0.2) is 53.0 Å². The van der Waals surface area contributed by atoms with E-state index in [0.717, 1.165) is 10.5 Å². The fourth-order valence-corrected chi connectivity index (χ4v) is 3.81. The Morgan fingerprint density at radius 3 is 2.45 bits per heavy atom. The maximum absolute atomic E-state index is 13.2. The average Bonchev–Trinajstić information content (AvgIpc) is 3.16. The van der Waals surface area contributed by atoms with Gasteiger partial charge in [-0.25, -0.2) is 0 Å². The van der Waals surface area contributed by atoms with Crippen molar-refractivity contribution in [3.8, 4) is 0 Å². The number of carbonyl (C=O) groups is 2. The predicted octanol–water partition coefficient (Wildman–Crippen LogP) is 4.73. The van der Waals surface area contributed by atoms with Gasteiger partial charge in [0.15, 0.2) is 0 Å². The van der Waals surface area contributed by atoms with Crippen LogP contribution in [0.3, 0.4) is 0 Å². The molecule has 0 spiro atoms. The van der Waals surface area contributed by atoms with E-state index in [1.807, 2.05) is 0 Å². The van der Waals surface area contributed by atoms with Crippen LogP contribution in [-0.2, 0) is 17.5 Å². The van der Waals surface area contributed by atoms with Crippen molar-refractivity contribution in [1.82, 2.24) is 9.80 Å². The van der Waals surface area contributed by atoms with Crippen LogP contribution in [0.4, 0.5) is 13.2 Å². The maximum Gasteiger partial charge on any atom is 0.416 e. The molecule has 154 valence electrons. The molecule has 1 heterocycles. The lowest BCUT2D eigenvalue weighted by molar-refractivity contribution is -0.140. The van der Waals surface area contributed by atoms with Gasteiger partial charge in [0.05, 0.1) is 5.56 Å². The molecule has 1 fully saturated rings. The van der Waals surface area contributed by atoms with Crippen LogP contribution in [0.25, 0.3) is 0 Å². The first kappa shape index (κ1) is 21.4. The van der Waals surface area contributed by atoms with Crippen LogP contribution >= 0.6 is 15.9 Å². The third kappa shape index (κ3) is 4.80. The van der Waals surface area contributed by atoms with Crippen LogP contribution in [0.1, 0.15) is 34.3 Å². The van der Waals surface area contributed by atoms with E-state index in [9.17, 15) is 22.8 Å². The molecule has 0 radical (unpaired) electrons. The quantitative estimate of drug-likeness (QED) is 0.650. The Hall–Kier alpha value is -2.35. The first-order valence-electron chi connectivity index (χ1n) is 9.15. The van der Waals surface area contributed by atoms with E-state index in [0.29, 0.717) is 24.9 Å². The van der Waals surface area contributed by atoms with Crippen molar-refractivity contribution in [2.24, 2.45) is 0 Å². The fraction of sp³-hybridized carbons (Fsp3) is 0.333. The Balaban J connectivity index is 1.75. The summed E-state index contributed by atoms with van der Waals surface area (Å²) in [5.74, 6) is -0.609. The van der Waals surface area contributed by atoms with Crippen molar-refractivity contribution in [2.45, 2.75) is 31.6 Å². The number of hydrogen-bond acceptors (Lipinski definition) is 2. The number of halogens is 4. The number of likely N-dealkylation sites (N-methyl/N-ethyl adjacent to an activating group) is 1. The molecule has 1 aliphatic rings. The number of carbonyl (C=O) groups excluding carboxylic acids is 2. The van der Waals surface area contributed by atoms with E-state index in [1.165, 1.54) is 35.0 Å². The average molecular weight is 469 g/mol. The zero-order valence-corrected chi connectivity index (χ0v) is 17.3. The molecule has 8 heteroatoms. The van der Waals surface area contributed by atoms with Gasteiger partial charge in [-0.15, -0.1) is 0 Å². The lowest BCUT2D eigenvalue weighted by Crippen LogP contribution is -2.46. The number of likely N-dealkylation sites (tertiary alicyclic amines) is 1. The van der Waals surface area contributed by atoms with Gasteiger partial charge in [0.25, 0.3) is 5.91 Å². The largest absolute Gasteiger partial charge is 0.416 e. The van der Waals surface area contributed by atoms with E-state index in [-0.39, 0.29) is 23.9 Å². The summed E-state index contributed by atoms with van der Waals surface area (Å²) < 4.78 is 40.5. The van der Waals surface area contributed by atoms with Crippen molar-refractivity contribution >= 4 is 27.7 Å². The summed E-state index contributed by atoms with van der Waals surface area (Å²) in [6, 6.07) is 11.4. The number of nitrogens with zero attached hydrogens (tertiary/aromatic N) is 2. The van der Waals surface area contributed by atoms with E-state index in [1.54, 1.807) is 24.3 Å². The second-order valence-electron chi connectivity index (χ2n) is 7.01. The predicted molar refractivity (Wildman–Crippen MR) is 106 cm³/mol. The van der Waals surface area contributed by atoms with Gasteiger partial charge >= 0.3 is 6.18 Å². The first-order valence-corrected chi connectivity index (χ1v) is 9.94. The van der Waals surface area contributed by atoms with Gasteiger partial charge in [-0.3, -0.25) is 9.59 Å². The molecule has 4 nitrogen and oxygen atoms in total. The van der Waals surface area contributed by atoms with Crippen LogP contribution in [0.2, 0.25) is 0 Å². The van der Waals surface area contributed by atoms with E-state index in [4.69, 9.17) is 0 Å². The van der Waals surface area contributed by atoms with Crippen LogP contribution < -0.4 is 0 Å². The number of rotatable bonds is 4. The standard InChI is InChI=1S/C21H20BrF3N2O2/c1-26(13-15-5-2-3-6-17(15)21(23,24)25)20(29)18-7-4-12-27(18)19(28)14-8-10-16(22)11-9-14/h2-3,5-6,8-11,18H,4,7,12-13H2,1H3. The van der Waals surface area contributed by atoms with Gasteiger partial charge in [0, 0.05) is 30.2 Å². The Bertz CT molecular complexity index is 900. The summed E-state index contributed by atoms with van der Waals surface area (Å²) in [6.07, 6.45) is -3.32. The zero-order valence-electron chi connectivity index (χ0n) is 15.7. The molecule has 1 atom stereocenters. The topological polar surface area (TPSA) is 40.6 Å². The van der Waals surface area contributed by atoms with Gasteiger partial charge in [-0.05, 0) is 48.7 Å². The van der Waals surface area contributed by atoms with Crippen LogP contribution in [-0.4, -0.2) is 41.2 Å². The number of amides is 2. The minimum Gasteiger partial charge on any atom is -0.340 e. The van der Waals surface area contributed by atoms with Crippen molar-refractivity contribution < 1.29 is 22.8 Å². The highest BCUT2D eigenvalue weighted by Gasteiger charge is 2.37. The highest BCUT2D eigenvalue weighted by atomic mass is 79.9. The van der Waals surface area contributed by atoms with E-state index in [2.05, 4.69) is 15.9 Å². The second kappa shape index (κ2) is 8.57. The van der Waals surface area contributed by atoms with Gasteiger partial charge < -0.3 is 9.80 Å². The summed E-state index contributed by atoms with van der Waals surface area (Å²) >= 11 is 3.32. The molecule has 1 unspecified atom stereocenters. The molecule has 3 rings (SSSR count). The number of hydrogen-bond donors (Lipinski definition) is 0. The summed E-state index contributed by atoms with van der Waals surface area (Å²) in [4.78, 5) is 28.6. The van der Waals surface area contributed by atoms with E-state index >= 15 is 0 Å². The molecule has 29 heavy (non-hydrogen) atoms. The van der Waals surface area contributed by atoms with Gasteiger partial charge in [-0.1, -0.05) is 34.1 Å². The second-order valence-corrected chi connectivity index (χ2v) is 7.93. The minimum absolute atomic E-state index is 0.0274. The normalized spacial score (nSPS) is 16.7. The van der Waals surface area contributed by atoms with Crippen LogP contribution in [0, 0.1) is 0 Å². The molecule has 2 amide bonds. The third-order valence-corrected chi connectivity index (χ3v) is 5.53. The van der Waals surface area contributed by atoms with Crippen molar-refractivity contribution in [3.05, 3.63) is 69.7 Å². The molecule has 0 aliphatic carbocycles. The first-order chi connectivity index (χ1) is 13.7. The molecule has 0 aromatic heterocycles. The van der Waals surface area contributed by atoms with Crippen molar-refractivity contribution in [3.63, 3.8) is 0 Å². The third-order valence-electron chi connectivity index (χ3n) is 5.00. The van der Waals surface area contributed by atoms with Gasteiger partial charge in [0.1, 0.15) is 6.04 Å². The van der Waals surface area contributed by atoms with E-state index < -0.39 is 17.8 Å². The summed E-state index contributed by atoms with van der Waals surface area (Å²) in [7, 11) is 1.47. The van der Waals surface area contributed by atoms with Crippen molar-refractivity contribution in [1.29, 1.82) is 0 Å². The Morgan fingerprint density at radius 2 is 1.79 bits per heavy atom. The molecule has 0 N–H and O–H groups in total. The highest BCUT2D eigenvalue weighted by molar-refractivity contribution is 9.10. The molecule has 0 bridgehead atoms. The smallest absolute Gasteiger partial charge is 0.340 e. The molecule has 2 aromatic rings. The monoisotopic (exact) mass is 468 g/mol. The molecule has 1 aliphatic heterocycles. The number of benzene rings is 2. The Morgan fingerprint density at radius 1 is 1.14 bits per heavy atom. The van der Waals surface area contributed by atoms with Crippen LogP contribution in [0.5, 0.6) is 0 Å². The SMILES string of the molecule is CN(Cc1ccccc1C(F)(F)F)C(=O)C1CCCN1C(=O)c1ccc(Br)cc1. The fourth-order valence-electron chi connectivity index (χ4n) is 3.55. The Labute approximate surface area is 175 Å². The summed E-state index contributed by atoms with van der Waals surface area (Å²) in [6.45, 7) is 0.267. The van der Waals surface area contributed by atoms with Gasteiger partial charge in [0.2, 0.25) is 5.91 Å². The summed E-state index contributed by atoms with van der Waals surface area (Å²) in [5.41, 5.74) is -0.258. The highest BCUT2D eigenvalue weighted by Crippen LogP contribution is 2.32. The molecular weight excluding hydrogens is 449 g/mol. The lowest BCUT2D eigenvalue weighted by Gasteiger charge is -2.28. The molecule has 2 aromatic carbocycles. The maximum atomic E-state index is 13.2.